The minimum absolute atomic E-state index is 0.430. The van der Waals surface area contributed by atoms with Gasteiger partial charge in [-0.05, 0) is 63.8 Å². The van der Waals surface area contributed by atoms with Gasteiger partial charge in [0, 0.05) is 24.7 Å². The molecule has 1 aliphatic carbocycles. The van der Waals surface area contributed by atoms with Crippen LogP contribution in [0.4, 0.5) is 0 Å². The molecule has 0 aromatic heterocycles. The van der Waals surface area contributed by atoms with E-state index < -0.39 is 0 Å². The first kappa shape index (κ1) is 12.0. The van der Waals surface area contributed by atoms with Gasteiger partial charge in [-0.15, -0.1) is 0 Å². The van der Waals surface area contributed by atoms with Crippen molar-refractivity contribution in [1.82, 2.24) is 10.2 Å². The molecular weight excluding hydrogens is 208 g/mol. The number of hydrogen-bond donors (Lipinski definition) is 1. The predicted octanol–water partition coefficient (Wildman–Crippen LogP) is 2.49. The van der Waals surface area contributed by atoms with Crippen LogP contribution in [0, 0.1) is 17.8 Å². The fourth-order valence-corrected chi connectivity index (χ4v) is 4.63. The highest BCUT2D eigenvalue weighted by atomic mass is 15.3. The molecule has 0 radical (unpaired) electrons. The second kappa shape index (κ2) is 4.24. The number of likely N-dealkylation sites (tertiary alicyclic amines) is 1. The van der Waals surface area contributed by atoms with E-state index in [2.05, 4.69) is 31.0 Å². The topological polar surface area (TPSA) is 15.3 Å². The third-order valence-electron chi connectivity index (χ3n) is 5.84. The molecule has 0 amide bonds. The highest BCUT2D eigenvalue weighted by Gasteiger charge is 2.51. The lowest BCUT2D eigenvalue weighted by molar-refractivity contribution is 0.0602. The van der Waals surface area contributed by atoms with E-state index in [1.54, 1.807) is 0 Å². The largest absolute Gasteiger partial charge is 0.316 e. The van der Waals surface area contributed by atoms with E-state index >= 15 is 0 Å². The Kier molecular flexibility index (Phi) is 2.99. The van der Waals surface area contributed by atoms with Gasteiger partial charge in [0.15, 0.2) is 0 Å². The summed E-state index contributed by atoms with van der Waals surface area (Å²) in [7, 11) is 0. The average Bonchev–Trinajstić information content (AvgIpc) is 2.83. The zero-order chi connectivity index (χ0) is 12.0. The Hall–Kier alpha value is -0.0800. The van der Waals surface area contributed by atoms with Gasteiger partial charge in [0.2, 0.25) is 0 Å². The summed E-state index contributed by atoms with van der Waals surface area (Å²) < 4.78 is 0. The number of rotatable bonds is 1. The van der Waals surface area contributed by atoms with E-state index in [1.807, 2.05) is 0 Å². The summed E-state index contributed by atoms with van der Waals surface area (Å²) in [6, 6.07) is 0.881. The normalized spacial score (nSPS) is 46.1. The summed E-state index contributed by atoms with van der Waals surface area (Å²) in [4.78, 5) is 2.87. The van der Waals surface area contributed by atoms with Crippen LogP contribution in [-0.4, -0.2) is 36.1 Å². The van der Waals surface area contributed by atoms with Crippen molar-refractivity contribution in [2.75, 3.05) is 19.6 Å². The maximum atomic E-state index is 3.58. The molecule has 2 heterocycles. The van der Waals surface area contributed by atoms with Crippen LogP contribution in [0.3, 0.4) is 0 Å². The first-order chi connectivity index (χ1) is 8.09. The summed E-state index contributed by atoms with van der Waals surface area (Å²) >= 11 is 0. The molecule has 98 valence electrons. The van der Waals surface area contributed by atoms with Crippen molar-refractivity contribution in [3.63, 3.8) is 0 Å². The molecule has 2 heteroatoms. The first-order valence-corrected chi connectivity index (χ1v) is 7.56. The molecule has 0 spiro atoms. The molecule has 1 N–H and O–H groups in total. The van der Waals surface area contributed by atoms with Gasteiger partial charge < -0.3 is 5.32 Å². The molecular formula is C15H28N2. The smallest absolute Gasteiger partial charge is 0.0200 e. The highest BCUT2D eigenvalue weighted by molar-refractivity contribution is 5.06. The van der Waals surface area contributed by atoms with Gasteiger partial charge in [-0.25, -0.2) is 0 Å². The Morgan fingerprint density at radius 1 is 1.06 bits per heavy atom. The van der Waals surface area contributed by atoms with Crippen LogP contribution in [0.2, 0.25) is 0 Å². The summed E-state index contributed by atoms with van der Waals surface area (Å²) in [6.45, 7) is 11.3. The number of nitrogens with one attached hydrogen (secondary N) is 1. The lowest BCUT2D eigenvalue weighted by atomic mass is 9.82. The van der Waals surface area contributed by atoms with Crippen molar-refractivity contribution in [2.45, 2.75) is 58.0 Å². The van der Waals surface area contributed by atoms with Crippen LogP contribution in [0.5, 0.6) is 0 Å². The SMILES string of the molecule is CC1CCC(N2CC3CNCC3C2(C)C)CC1. The Morgan fingerprint density at radius 2 is 1.76 bits per heavy atom. The molecule has 2 aliphatic heterocycles. The average molecular weight is 236 g/mol. The van der Waals surface area contributed by atoms with Crippen molar-refractivity contribution in [1.29, 1.82) is 0 Å². The van der Waals surface area contributed by atoms with E-state index in [4.69, 9.17) is 0 Å². The third-order valence-corrected chi connectivity index (χ3v) is 5.84. The molecule has 3 rings (SSSR count). The van der Waals surface area contributed by atoms with Crippen LogP contribution in [0.1, 0.15) is 46.5 Å². The highest BCUT2D eigenvalue weighted by Crippen LogP contribution is 2.44. The number of hydrogen-bond acceptors (Lipinski definition) is 2. The molecule has 0 aromatic rings. The maximum absolute atomic E-state index is 3.58. The summed E-state index contributed by atoms with van der Waals surface area (Å²) in [5.41, 5.74) is 0.430. The molecule has 2 nitrogen and oxygen atoms in total. The third kappa shape index (κ3) is 1.94. The van der Waals surface area contributed by atoms with Crippen molar-refractivity contribution in [3.8, 4) is 0 Å². The van der Waals surface area contributed by atoms with Gasteiger partial charge in [0.05, 0.1) is 0 Å². The van der Waals surface area contributed by atoms with Gasteiger partial charge in [-0.1, -0.05) is 6.92 Å². The fourth-order valence-electron chi connectivity index (χ4n) is 4.63. The van der Waals surface area contributed by atoms with Crippen molar-refractivity contribution in [3.05, 3.63) is 0 Å². The van der Waals surface area contributed by atoms with Gasteiger partial charge in [0.1, 0.15) is 0 Å². The van der Waals surface area contributed by atoms with E-state index in [1.165, 1.54) is 45.3 Å². The van der Waals surface area contributed by atoms with Crippen LogP contribution >= 0.6 is 0 Å². The standard InChI is InChI=1S/C15H28N2/c1-11-4-6-13(7-5-11)17-10-12-8-16-9-14(12)15(17,2)3/h11-14,16H,4-10H2,1-3H3. The predicted molar refractivity (Wildman–Crippen MR) is 72.1 cm³/mol. The molecule has 2 saturated heterocycles. The van der Waals surface area contributed by atoms with Crippen molar-refractivity contribution >= 4 is 0 Å². The molecule has 0 bridgehead atoms. The fraction of sp³-hybridized carbons (Fsp3) is 1.00. The van der Waals surface area contributed by atoms with Crippen LogP contribution in [-0.2, 0) is 0 Å². The van der Waals surface area contributed by atoms with Crippen LogP contribution in [0.15, 0.2) is 0 Å². The monoisotopic (exact) mass is 236 g/mol. The second-order valence-electron chi connectivity index (χ2n) is 7.24. The molecule has 2 atom stereocenters. The van der Waals surface area contributed by atoms with E-state index in [0.717, 1.165) is 23.8 Å². The van der Waals surface area contributed by atoms with Crippen LogP contribution < -0.4 is 5.32 Å². The molecule has 2 unspecified atom stereocenters. The molecule has 0 aromatic carbocycles. The van der Waals surface area contributed by atoms with Gasteiger partial charge in [0.25, 0.3) is 0 Å². The van der Waals surface area contributed by atoms with Crippen molar-refractivity contribution < 1.29 is 0 Å². The Morgan fingerprint density at radius 3 is 2.41 bits per heavy atom. The van der Waals surface area contributed by atoms with Gasteiger partial charge in [-0.2, -0.15) is 0 Å². The Balaban J connectivity index is 1.71. The summed E-state index contributed by atoms with van der Waals surface area (Å²) in [6.07, 6.45) is 5.78. The lowest BCUT2D eigenvalue weighted by Gasteiger charge is -2.43. The minimum Gasteiger partial charge on any atom is -0.316 e. The Labute approximate surface area is 106 Å². The number of fused-ring (bicyclic) bond motifs is 1. The van der Waals surface area contributed by atoms with E-state index in [-0.39, 0.29) is 0 Å². The van der Waals surface area contributed by atoms with Gasteiger partial charge in [-0.3, -0.25) is 4.90 Å². The Bertz CT molecular complexity index is 279. The minimum atomic E-state index is 0.430. The van der Waals surface area contributed by atoms with Gasteiger partial charge >= 0.3 is 0 Å². The molecule has 17 heavy (non-hydrogen) atoms. The quantitative estimate of drug-likeness (QED) is 0.752. The molecule has 1 saturated carbocycles. The zero-order valence-electron chi connectivity index (χ0n) is 11.7. The maximum Gasteiger partial charge on any atom is 0.0200 e. The summed E-state index contributed by atoms with van der Waals surface area (Å²) in [5.74, 6) is 2.78. The zero-order valence-corrected chi connectivity index (χ0v) is 11.7. The number of nitrogens with zero attached hydrogens (tertiary/aromatic N) is 1. The van der Waals surface area contributed by atoms with E-state index in [0.29, 0.717) is 5.54 Å². The first-order valence-electron chi connectivity index (χ1n) is 7.56. The van der Waals surface area contributed by atoms with E-state index in [9.17, 15) is 0 Å². The van der Waals surface area contributed by atoms with Crippen molar-refractivity contribution in [2.24, 2.45) is 17.8 Å². The second-order valence-corrected chi connectivity index (χ2v) is 7.24. The lowest BCUT2D eigenvalue weighted by Crippen LogP contribution is -2.50. The molecule has 3 aliphatic rings. The van der Waals surface area contributed by atoms with Crippen LogP contribution in [0.25, 0.3) is 0 Å². The summed E-state index contributed by atoms with van der Waals surface area (Å²) in [5, 5.41) is 3.58. The molecule has 3 fully saturated rings.